The first-order valence-corrected chi connectivity index (χ1v) is 10.0. The molecule has 0 bridgehead atoms. The summed E-state index contributed by atoms with van der Waals surface area (Å²) in [4.78, 5) is 27.1. The average molecular weight is 413 g/mol. The number of likely N-dealkylation sites (tertiary alicyclic amines) is 1. The van der Waals surface area contributed by atoms with Gasteiger partial charge in [-0.2, -0.15) is 0 Å². The number of Topliss-reactive ketones (excluding diaryl/α,β-unsaturated/α-hetero) is 1. The number of hydrogen-bond donors (Lipinski definition) is 1. The zero-order chi connectivity index (χ0) is 21.8. The van der Waals surface area contributed by atoms with Crippen molar-refractivity contribution in [1.82, 2.24) is 4.90 Å². The van der Waals surface area contributed by atoms with Gasteiger partial charge in [-0.3, -0.25) is 9.59 Å². The first-order valence-electron chi connectivity index (χ1n) is 10.0. The highest BCUT2D eigenvalue weighted by Gasteiger charge is 2.47. The minimum atomic E-state index is -0.829. The van der Waals surface area contributed by atoms with Crippen molar-refractivity contribution >= 4 is 17.4 Å². The summed E-state index contributed by atoms with van der Waals surface area (Å²) in [5, 5.41) is 11.0. The molecule has 0 saturated carbocycles. The van der Waals surface area contributed by atoms with Crippen molar-refractivity contribution in [3.05, 3.63) is 59.1 Å². The first-order chi connectivity index (χ1) is 14.3. The summed E-state index contributed by atoms with van der Waals surface area (Å²) in [6.07, 6.45) is -0.00701. The van der Waals surface area contributed by atoms with Crippen LogP contribution in [-0.2, 0) is 14.3 Å². The van der Waals surface area contributed by atoms with E-state index in [1.54, 1.807) is 43.3 Å². The van der Waals surface area contributed by atoms with Crippen molar-refractivity contribution in [3.63, 3.8) is 0 Å². The lowest BCUT2D eigenvalue weighted by molar-refractivity contribution is -0.140. The standard InChI is InChI=1S/C23H27NO6/c1-5-28-17-8-6-7-16(13-17)21(25)19-20(18-10-9-15(4)30-18)24(23(27)22(19)26)11-12-29-14(2)3/h6-10,13-14,20,25H,5,11-12H2,1-4H3/b21-19-. The van der Waals surface area contributed by atoms with Gasteiger partial charge in [0.15, 0.2) is 0 Å². The maximum absolute atomic E-state index is 12.9. The Labute approximate surface area is 175 Å². The van der Waals surface area contributed by atoms with E-state index in [1.165, 1.54) is 4.90 Å². The summed E-state index contributed by atoms with van der Waals surface area (Å²) in [5.41, 5.74) is 0.387. The average Bonchev–Trinajstić information content (AvgIpc) is 3.24. The number of aryl methyl sites for hydroxylation is 1. The molecule has 2 heterocycles. The second-order valence-corrected chi connectivity index (χ2v) is 7.32. The van der Waals surface area contributed by atoms with Crippen LogP contribution in [-0.4, -0.2) is 47.6 Å². The number of carbonyl (C=O) groups is 2. The molecular formula is C23H27NO6. The fourth-order valence-corrected chi connectivity index (χ4v) is 3.45. The minimum absolute atomic E-state index is 0.00690. The van der Waals surface area contributed by atoms with E-state index in [0.29, 0.717) is 29.4 Å². The van der Waals surface area contributed by atoms with E-state index in [4.69, 9.17) is 13.9 Å². The molecule has 1 aliphatic rings. The molecule has 1 aromatic carbocycles. The molecule has 1 saturated heterocycles. The van der Waals surface area contributed by atoms with Gasteiger partial charge in [-0.25, -0.2) is 0 Å². The van der Waals surface area contributed by atoms with Crippen LogP contribution in [0, 0.1) is 6.92 Å². The molecule has 0 spiro atoms. The minimum Gasteiger partial charge on any atom is -0.507 e. The molecule has 1 aliphatic heterocycles. The second-order valence-electron chi connectivity index (χ2n) is 7.32. The van der Waals surface area contributed by atoms with Crippen molar-refractivity contribution in [2.24, 2.45) is 0 Å². The molecule has 1 amide bonds. The van der Waals surface area contributed by atoms with Crippen LogP contribution < -0.4 is 4.74 Å². The Hall–Kier alpha value is -3.06. The van der Waals surface area contributed by atoms with Gasteiger partial charge in [-0.1, -0.05) is 12.1 Å². The van der Waals surface area contributed by atoms with E-state index >= 15 is 0 Å². The highest BCUT2D eigenvalue weighted by Crippen LogP contribution is 2.40. The maximum Gasteiger partial charge on any atom is 0.295 e. The quantitative estimate of drug-likeness (QED) is 0.402. The number of nitrogens with zero attached hydrogens (tertiary/aromatic N) is 1. The number of carbonyl (C=O) groups excluding carboxylic acids is 2. The molecule has 30 heavy (non-hydrogen) atoms. The van der Waals surface area contributed by atoms with E-state index in [9.17, 15) is 14.7 Å². The number of amides is 1. The van der Waals surface area contributed by atoms with Crippen molar-refractivity contribution in [2.75, 3.05) is 19.8 Å². The third-order valence-electron chi connectivity index (χ3n) is 4.77. The maximum atomic E-state index is 12.9. The van der Waals surface area contributed by atoms with Gasteiger partial charge in [0.1, 0.15) is 29.1 Å². The topological polar surface area (TPSA) is 89.2 Å². The molecule has 1 atom stereocenters. The predicted molar refractivity (Wildman–Crippen MR) is 111 cm³/mol. The summed E-state index contributed by atoms with van der Waals surface area (Å²) < 4.78 is 16.8. The monoisotopic (exact) mass is 413 g/mol. The molecule has 3 rings (SSSR count). The van der Waals surface area contributed by atoms with Crippen LogP contribution in [0.5, 0.6) is 5.75 Å². The largest absolute Gasteiger partial charge is 0.507 e. The lowest BCUT2D eigenvalue weighted by atomic mass is 9.99. The van der Waals surface area contributed by atoms with Crippen LogP contribution in [0.2, 0.25) is 0 Å². The van der Waals surface area contributed by atoms with Crippen LogP contribution in [0.4, 0.5) is 0 Å². The van der Waals surface area contributed by atoms with E-state index < -0.39 is 17.7 Å². The summed E-state index contributed by atoms with van der Waals surface area (Å²) >= 11 is 0. The Morgan fingerprint density at radius 2 is 2.00 bits per heavy atom. The number of aliphatic hydroxyl groups excluding tert-OH is 1. The van der Waals surface area contributed by atoms with Crippen molar-refractivity contribution in [2.45, 2.75) is 39.8 Å². The third-order valence-corrected chi connectivity index (χ3v) is 4.77. The summed E-state index contributed by atoms with van der Waals surface area (Å²) in [7, 11) is 0. The predicted octanol–water partition coefficient (Wildman–Crippen LogP) is 3.83. The van der Waals surface area contributed by atoms with Gasteiger partial charge in [-0.05, 0) is 52.0 Å². The summed E-state index contributed by atoms with van der Waals surface area (Å²) in [6, 6.07) is 9.43. The molecule has 1 aromatic heterocycles. The molecular weight excluding hydrogens is 386 g/mol. The number of aliphatic hydroxyl groups is 1. The number of ketones is 1. The SMILES string of the molecule is CCOc1cccc(/C(O)=C2/C(=O)C(=O)N(CCOC(C)C)C2c2ccc(C)o2)c1. The Kier molecular flexibility index (Phi) is 6.62. The Morgan fingerprint density at radius 1 is 1.23 bits per heavy atom. The van der Waals surface area contributed by atoms with E-state index in [0.717, 1.165) is 0 Å². The van der Waals surface area contributed by atoms with E-state index in [2.05, 4.69) is 0 Å². The Bertz CT molecular complexity index is 958. The van der Waals surface area contributed by atoms with Gasteiger partial charge in [0.2, 0.25) is 0 Å². The number of furan rings is 1. The molecule has 7 nitrogen and oxygen atoms in total. The Morgan fingerprint density at radius 3 is 2.63 bits per heavy atom. The van der Waals surface area contributed by atoms with Gasteiger partial charge in [-0.15, -0.1) is 0 Å². The van der Waals surface area contributed by atoms with Gasteiger partial charge in [0.25, 0.3) is 11.7 Å². The molecule has 0 aliphatic carbocycles. The molecule has 1 unspecified atom stereocenters. The highest BCUT2D eigenvalue weighted by molar-refractivity contribution is 6.46. The fourth-order valence-electron chi connectivity index (χ4n) is 3.45. The van der Waals surface area contributed by atoms with Gasteiger partial charge >= 0.3 is 0 Å². The van der Waals surface area contributed by atoms with Crippen LogP contribution in [0.15, 0.2) is 46.4 Å². The van der Waals surface area contributed by atoms with Crippen LogP contribution in [0.1, 0.15) is 43.9 Å². The second kappa shape index (κ2) is 9.17. The van der Waals surface area contributed by atoms with Crippen molar-refractivity contribution in [3.8, 4) is 5.75 Å². The lowest BCUT2D eigenvalue weighted by Crippen LogP contribution is -2.33. The smallest absolute Gasteiger partial charge is 0.295 e. The van der Waals surface area contributed by atoms with E-state index in [1.807, 2.05) is 20.8 Å². The summed E-state index contributed by atoms with van der Waals surface area (Å²) in [6.45, 7) is 8.36. The lowest BCUT2D eigenvalue weighted by Gasteiger charge is -2.23. The third kappa shape index (κ3) is 4.41. The molecule has 7 heteroatoms. The molecule has 0 radical (unpaired) electrons. The Balaban J connectivity index is 2.06. The van der Waals surface area contributed by atoms with Crippen LogP contribution in [0.25, 0.3) is 5.76 Å². The molecule has 1 N–H and O–H groups in total. The van der Waals surface area contributed by atoms with E-state index in [-0.39, 0.29) is 30.6 Å². The number of rotatable bonds is 8. The summed E-state index contributed by atoms with van der Waals surface area (Å²) in [5.74, 6) is -0.0827. The van der Waals surface area contributed by atoms with Crippen LogP contribution >= 0.6 is 0 Å². The molecule has 1 fully saturated rings. The molecule has 2 aromatic rings. The molecule has 160 valence electrons. The fraction of sp³-hybridized carbons (Fsp3) is 0.391. The highest BCUT2D eigenvalue weighted by atomic mass is 16.5. The first kappa shape index (κ1) is 21.6. The van der Waals surface area contributed by atoms with Crippen LogP contribution in [0.3, 0.4) is 0 Å². The normalized spacial score (nSPS) is 18.4. The zero-order valence-electron chi connectivity index (χ0n) is 17.7. The van der Waals surface area contributed by atoms with Crippen molar-refractivity contribution < 1.29 is 28.6 Å². The number of ether oxygens (including phenoxy) is 2. The number of hydrogen-bond acceptors (Lipinski definition) is 6. The van der Waals surface area contributed by atoms with Crippen molar-refractivity contribution in [1.29, 1.82) is 0 Å². The number of benzene rings is 1. The van der Waals surface area contributed by atoms with Gasteiger partial charge in [0, 0.05) is 12.1 Å². The van der Waals surface area contributed by atoms with Gasteiger partial charge < -0.3 is 23.9 Å². The van der Waals surface area contributed by atoms with Gasteiger partial charge in [0.05, 0.1) is 24.9 Å². The zero-order valence-corrected chi connectivity index (χ0v) is 17.7.